The number of aryl methyl sites for hydroxylation is 3. The van der Waals surface area contributed by atoms with Crippen molar-refractivity contribution in [3.8, 4) is 0 Å². The van der Waals surface area contributed by atoms with Gasteiger partial charge in [-0.1, -0.05) is 24.3 Å². The lowest BCUT2D eigenvalue weighted by Crippen LogP contribution is -2.14. The lowest BCUT2D eigenvalue weighted by Gasteiger charge is -2.09. The first-order valence-electron chi connectivity index (χ1n) is 8.62. The van der Waals surface area contributed by atoms with E-state index in [0.29, 0.717) is 17.7 Å². The van der Waals surface area contributed by atoms with Gasteiger partial charge in [0.15, 0.2) is 0 Å². The van der Waals surface area contributed by atoms with Gasteiger partial charge in [0.25, 0.3) is 15.9 Å². The van der Waals surface area contributed by atoms with Crippen molar-refractivity contribution in [2.75, 3.05) is 10.0 Å². The van der Waals surface area contributed by atoms with Gasteiger partial charge in [0.1, 0.15) is 5.01 Å². The molecule has 0 aliphatic heterocycles. The Kier molecular flexibility index (Phi) is 5.76. The largest absolute Gasteiger partial charge is 0.322 e. The summed E-state index contributed by atoms with van der Waals surface area (Å²) in [5, 5.41) is 11.5. The van der Waals surface area contributed by atoms with E-state index < -0.39 is 10.0 Å². The fourth-order valence-electron chi connectivity index (χ4n) is 2.41. The average Bonchev–Trinajstić information content (AvgIpc) is 3.11. The highest BCUT2D eigenvalue weighted by molar-refractivity contribution is 7.93. The van der Waals surface area contributed by atoms with E-state index >= 15 is 0 Å². The number of hydrogen-bond donors (Lipinski definition) is 2. The van der Waals surface area contributed by atoms with Crippen LogP contribution in [0.1, 0.15) is 33.4 Å². The Morgan fingerprint density at radius 1 is 1.04 bits per heavy atom. The molecule has 1 aromatic heterocycles. The number of hydrogen-bond acceptors (Lipinski definition) is 6. The van der Waals surface area contributed by atoms with Crippen molar-refractivity contribution in [2.45, 2.75) is 32.1 Å². The summed E-state index contributed by atoms with van der Waals surface area (Å²) in [5.74, 6) is -0.252. The molecule has 9 heteroatoms. The van der Waals surface area contributed by atoms with Crippen LogP contribution in [0.5, 0.6) is 0 Å². The maximum atomic E-state index is 12.5. The number of carbonyl (C=O) groups excluding carboxylic acids is 1. The van der Waals surface area contributed by atoms with Gasteiger partial charge >= 0.3 is 0 Å². The van der Waals surface area contributed by atoms with E-state index in [2.05, 4.69) is 20.2 Å². The molecule has 2 aromatic carbocycles. The SMILES string of the molecule is CCc1nnc(NS(=O)(=O)c2ccc(NC(=O)c3ccc(C)c(C)c3)cc2)s1. The molecule has 0 saturated carbocycles. The van der Waals surface area contributed by atoms with Crippen molar-refractivity contribution >= 4 is 38.1 Å². The Morgan fingerprint density at radius 3 is 2.36 bits per heavy atom. The number of benzene rings is 2. The molecule has 7 nitrogen and oxygen atoms in total. The minimum atomic E-state index is -3.77. The first kappa shape index (κ1) is 20.0. The van der Waals surface area contributed by atoms with Crippen LogP contribution in [0.4, 0.5) is 10.8 Å². The number of aromatic nitrogens is 2. The third-order valence-corrected chi connectivity index (χ3v) is 6.65. The smallest absolute Gasteiger partial charge is 0.263 e. The molecule has 0 aliphatic carbocycles. The predicted molar refractivity (Wildman–Crippen MR) is 110 cm³/mol. The van der Waals surface area contributed by atoms with Crippen molar-refractivity contribution in [3.63, 3.8) is 0 Å². The van der Waals surface area contributed by atoms with Crippen LogP contribution in [0, 0.1) is 13.8 Å². The third kappa shape index (κ3) is 4.55. The van der Waals surface area contributed by atoms with Crippen LogP contribution in [0.15, 0.2) is 47.4 Å². The molecule has 0 saturated heterocycles. The zero-order chi connectivity index (χ0) is 20.3. The molecular formula is C19H20N4O3S2. The van der Waals surface area contributed by atoms with E-state index in [1.807, 2.05) is 32.9 Å². The third-order valence-electron chi connectivity index (χ3n) is 4.18. The van der Waals surface area contributed by atoms with Gasteiger partial charge in [0.2, 0.25) is 5.13 Å². The van der Waals surface area contributed by atoms with Crippen LogP contribution in [-0.4, -0.2) is 24.5 Å². The van der Waals surface area contributed by atoms with Gasteiger partial charge in [-0.05, 0) is 67.8 Å². The fourth-order valence-corrected chi connectivity index (χ4v) is 4.32. The summed E-state index contributed by atoms with van der Waals surface area (Å²) >= 11 is 1.20. The Morgan fingerprint density at radius 2 is 1.75 bits per heavy atom. The predicted octanol–water partition coefficient (Wildman–Crippen LogP) is 3.77. The van der Waals surface area contributed by atoms with Crippen LogP contribution in [-0.2, 0) is 16.4 Å². The zero-order valence-corrected chi connectivity index (χ0v) is 17.3. The standard InChI is InChI=1S/C19H20N4O3S2/c1-4-17-21-22-19(27-17)23-28(25,26)16-9-7-15(8-10-16)20-18(24)14-6-5-12(2)13(3)11-14/h5-11H,4H2,1-3H3,(H,20,24)(H,22,23). The second-order valence-electron chi connectivity index (χ2n) is 6.24. The van der Waals surface area contributed by atoms with E-state index in [0.717, 1.165) is 16.1 Å². The van der Waals surface area contributed by atoms with Crippen LogP contribution >= 0.6 is 11.3 Å². The lowest BCUT2D eigenvalue weighted by molar-refractivity contribution is 0.102. The molecule has 0 fully saturated rings. The van der Waals surface area contributed by atoms with Gasteiger partial charge in [0, 0.05) is 11.3 Å². The number of rotatable bonds is 6. The molecule has 0 radical (unpaired) electrons. The summed E-state index contributed by atoms with van der Waals surface area (Å²) in [4.78, 5) is 12.4. The molecule has 0 spiro atoms. The van der Waals surface area contributed by atoms with Gasteiger partial charge in [0.05, 0.1) is 4.90 Å². The molecule has 1 amide bonds. The Hall–Kier alpha value is -2.78. The fraction of sp³-hybridized carbons (Fsp3) is 0.211. The summed E-state index contributed by atoms with van der Waals surface area (Å²) in [7, 11) is -3.77. The second-order valence-corrected chi connectivity index (χ2v) is 8.98. The highest BCUT2D eigenvalue weighted by atomic mass is 32.2. The molecule has 0 aliphatic rings. The molecule has 0 atom stereocenters. The van der Waals surface area contributed by atoms with Crippen LogP contribution in [0.3, 0.4) is 0 Å². The quantitative estimate of drug-likeness (QED) is 0.637. The molecule has 3 aromatic rings. The topological polar surface area (TPSA) is 101 Å². The first-order chi connectivity index (χ1) is 13.3. The summed E-state index contributed by atoms with van der Waals surface area (Å²) in [6, 6.07) is 11.4. The molecule has 3 rings (SSSR count). The molecular weight excluding hydrogens is 396 g/mol. The average molecular weight is 417 g/mol. The van der Waals surface area contributed by atoms with Crippen LogP contribution in [0.2, 0.25) is 0 Å². The number of carbonyl (C=O) groups is 1. The first-order valence-corrected chi connectivity index (χ1v) is 10.9. The van der Waals surface area contributed by atoms with E-state index in [4.69, 9.17) is 0 Å². The maximum absolute atomic E-state index is 12.5. The van der Waals surface area contributed by atoms with Crippen LogP contribution in [0.25, 0.3) is 0 Å². The van der Waals surface area contributed by atoms with Crippen molar-refractivity contribution < 1.29 is 13.2 Å². The van der Waals surface area contributed by atoms with E-state index in [-0.39, 0.29) is 15.9 Å². The lowest BCUT2D eigenvalue weighted by atomic mass is 10.1. The number of anilines is 2. The monoisotopic (exact) mass is 416 g/mol. The normalized spacial score (nSPS) is 11.2. The van der Waals surface area contributed by atoms with Gasteiger partial charge < -0.3 is 5.32 Å². The summed E-state index contributed by atoms with van der Waals surface area (Å²) < 4.78 is 27.3. The highest BCUT2D eigenvalue weighted by Gasteiger charge is 2.17. The summed E-state index contributed by atoms with van der Waals surface area (Å²) in [6.45, 7) is 5.85. The molecule has 0 unspecified atom stereocenters. The van der Waals surface area contributed by atoms with Crippen LogP contribution < -0.4 is 10.0 Å². The van der Waals surface area contributed by atoms with E-state index in [9.17, 15) is 13.2 Å². The zero-order valence-electron chi connectivity index (χ0n) is 15.7. The van der Waals surface area contributed by atoms with Gasteiger partial charge in [-0.15, -0.1) is 10.2 Å². The number of amides is 1. The Balaban J connectivity index is 1.71. The van der Waals surface area contributed by atoms with E-state index in [1.54, 1.807) is 18.2 Å². The molecule has 28 heavy (non-hydrogen) atoms. The van der Waals surface area contributed by atoms with E-state index in [1.165, 1.54) is 23.5 Å². The minimum absolute atomic E-state index is 0.0740. The Labute approximate surface area is 167 Å². The van der Waals surface area contributed by atoms with Gasteiger partial charge in [-0.3, -0.25) is 9.52 Å². The van der Waals surface area contributed by atoms with Crippen molar-refractivity contribution in [3.05, 3.63) is 64.2 Å². The van der Waals surface area contributed by atoms with Crippen molar-refractivity contribution in [1.29, 1.82) is 0 Å². The van der Waals surface area contributed by atoms with Gasteiger partial charge in [-0.25, -0.2) is 8.42 Å². The molecule has 2 N–H and O–H groups in total. The molecule has 0 bridgehead atoms. The molecule has 146 valence electrons. The highest BCUT2D eigenvalue weighted by Crippen LogP contribution is 2.21. The second kappa shape index (κ2) is 8.07. The number of nitrogens with zero attached hydrogens (tertiary/aromatic N) is 2. The number of nitrogens with one attached hydrogen (secondary N) is 2. The summed E-state index contributed by atoms with van der Waals surface area (Å²) in [5.41, 5.74) is 3.19. The summed E-state index contributed by atoms with van der Waals surface area (Å²) in [6.07, 6.45) is 0.689. The van der Waals surface area contributed by atoms with Crippen molar-refractivity contribution in [1.82, 2.24) is 10.2 Å². The molecule has 1 heterocycles. The van der Waals surface area contributed by atoms with Crippen molar-refractivity contribution in [2.24, 2.45) is 0 Å². The maximum Gasteiger partial charge on any atom is 0.263 e. The minimum Gasteiger partial charge on any atom is -0.322 e. The Bertz CT molecular complexity index is 1110. The number of sulfonamides is 1. The van der Waals surface area contributed by atoms with Gasteiger partial charge in [-0.2, -0.15) is 0 Å².